The number of hydrogen-bond donors (Lipinski definition) is 1. The summed E-state index contributed by atoms with van der Waals surface area (Å²) in [6, 6.07) is 16.4. The van der Waals surface area contributed by atoms with E-state index in [1.54, 1.807) is 30.5 Å². The van der Waals surface area contributed by atoms with Gasteiger partial charge < -0.3 is 19.5 Å². The van der Waals surface area contributed by atoms with Crippen molar-refractivity contribution in [2.45, 2.75) is 13.0 Å². The molecule has 1 N–H and O–H groups in total. The molecule has 0 unspecified atom stereocenters. The number of ether oxygens (including phenoxy) is 2. The molecule has 1 aromatic carbocycles. The molecule has 3 heterocycles. The Bertz CT molecular complexity index is 990. The second-order valence-electron chi connectivity index (χ2n) is 7.09. The first-order chi connectivity index (χ1) is 15.3. The first-order valence-electron chi connectivity index (χ1n) is 10.3. The number of anilines is 1. The molecule has 0 bridgehead atoms. The molecule has 31 heavy (non-hydrogen) atoms. The number of rotatable bonds is 8. The van der Waals surface area contributed by atoms with E-state index in [0.29, 0.717) is 44.4 Å². The van der Waals surface area contributed by atoms with E-state index in [4.69, 9.17) is 9.47 Å². The first kappa shape index (κ1) is 20.7. The summed E-state index contributed by atoms with van der Waals surface area (Å²) in [5.41, 5.74) is 3.48. The van der Waals surface area contributed by atoms with Crippen LogP contribution < -0.4 is 9.64 Å². The zero-order chi connectivity index (χ0) is 21.3. The first-order valence-corrected chi connectivity index (χ1v) is 10.3. The standard InChI is InChI=1S/C23H25N5O3/c29-22-6-4-19(5-7-22)27-25-17-20-15-21(28-10-13-30-14-11-28)16-23(26-20)31-12-8-18-3-1-2-9-24-18/h1-7,9,15-16,29H,8,10-14,17H2. The third kappa shape index (κ3) is 6.23. The maximum Gasteiger partial charge on any atom is 0.215 e. The highest BCUT2D eigenvalue weighted by atomic mass is 16.5. The Hall–Kier alpha value is -3.52. The highest BCUT2D eigenvalue weighted by Gasteiger charge is 2.14. The molecular weight excluding hydrogens is 394 g/mol. The van der Waals surface area contributed by atoms with Crippen molar-refractivity contribution in [2.75, 3.05) is 37.8 Å². The maximum absolute atomic E-state index is 9.37. The van der Waals surface area contributed by atoms with Crippen molar-refractivity contribution in [3.8, 4) is 11.6 Å². The van der Waals surface area contributed by atoms with Gasteiger partial charge in [0.15, 0.2) is 0 Å². The quantitative estimate of drug-likeness (QED) is 0.556. The number of aromatic nitrogens is 2. The van der Waals surface area contributed by atoms with Crippen LogP contribution in [0.3, 0.4) is 0 Å². The van der Waals surface area contributed by atoms with Crippen LogP contribution in [0, 0.1) is 0 Å². The summed E-state index contributed by atoms with van der Waals surface area (Å²) >= 11 is 0. The predicted molar refractivity (Wildman–Crippen MR) is 117 cm³/mol. The number of pyridine rings is 2. The number of morpholine rings is 1. The minimum absolute atomic E-state index is 0.200. The van der Waals surface area contributed by atoms with Gasteiger partial charge in [-0.1, -0.05) is 6.07 Å². The lowest BCUT2D eigenvalue weighted by molar-refractivity contribution is 0.122. The second kappa shape index (κ2) is 10.5. The van der Waals surface area contributed by atoms with Crippen LogP contribution >= 0.6 is 0 Å². The molecule has 0 atom stereocenters. The van der Waals surface area contributed by atoms with Crippen LogP contribution in [0.25, 0.3) is 0 Å². The van der Waals surface area contributed by atoms with Crippen LogP contribution in [0.2, 0.25) is 0 Å². The fraction of sp³-hybridized carbons (Fsp3) is 0.304. The summed E-state index contributed by atoms with van der Waals surface area (Å²) in [7, 11) is 0. The fourth-order valence-electron chi connectivity index (χ4n) is 3.22. The summed E-state index contributed by atoms with van der Waals surface area (Å²) in [5, 5.41) is 17.9. The molecule has 8 heteroatoms. The minimum atomic E-state index is 0.200. The number of benzene rings is 1. The van der Waals surface area contributed by atoms with Crippen molar-refractivity contribution >= 4 is 11.4 Å². The fourth-order valence-corrected chi connectivity index (χ4v) is 3.22. The van der Waals surface area contributed by atoms with Crippen molar-refractivity contribution in [3.05, 3.63) is 72.2 Å². The van der Waals surface area contributed by atoms with Crippen LogP contribution in [-0.4, -0.2) is 48.0 Å². The van der Waals surface area contributed by atoms with E-state index in [0.717, 1.165) is 30.2 Å². The topological polar surface area (TPSA) is 92.4 Å². The Balaban J connectivity index is 1.46. The van der Waals surface area contributed by atoms with Gasteiger partial charge in [-0.25, -0.2) is 4.98 Å². The van der Waals surface area contributed by atoms with Gasteiger partial charge in [-0.15, -0.1) is 0 Å². The van der Waals surface area contributed by atoms with Crippen molar-refractivity contribution < 1.29 is 14.6 Å². The zero-order valence-electron chi connectivity index (χ0n) is 17.2. The summed E-state index contributed by atoms with van der Waals surface area (Å²) in [5.74, 6) is 0.765. The maximum atomic E-state index is 9.37. The minimum Gasteiger partial charge on any atom is -0.508 e. The van der Waals surface area contributed by atoms with E-state index >= 15 is 0 Å². The summed E-state index contributed by atoms with van der Waals surface area (Å²) in [4.78, 5) is 11.2. The zero-order valence-corrected chi connectivity index (χ0v) is 17.2. The average molecular weight is 419 g/mol. The highest BCUT2D eigenvalue weighted by molar-refractivity contribution is 5.50. The molecule has 8 nitrogen and oxygen atoms in total. The van der Waals surface area contributed by atoms with Gasteiger partial charge in [-0.2, -0.15) is 10.2 Å². The van der Waals surface area contributed by atoms with Crippen LogP contribution in [0.4, 0.5) is 11.4 Å². The van der Waals surface area contributed by atoms with Gasteiger partial charge in [0.05, 0.1) is 31.2 Å². The summed E-state index contributed by atoms with van der Waals surface area (Å²) < 4.78 is 11.4. The average Bonchev–Trinajstić information content (AvgIpc) is 2.82. The molecule has 0 aliphatic carbocycles. The summed E-state index contributed by atoms with van der Waals surface area (Å²) in [6.45, 7) is 3.88. The molecule has 0 amide bonds. The normalized spacial score (nSPS) is 14.1. The van der Waals surface area contributed by atoms with Gasteiger partial charge in [0.2, 0.25) is 5.88 Å². The molecular formula is C23H25N5O3. The third-order valence-corrected chi connectivity index (χ3v) is 4.82. The van der Waals surface area contributed by atoms with E-state index in [1.807, 2.05) is 30.3 Å². The van der Waals surface area contributed by atoms with Gasteiger partial charge >= 0.3 is 0 Å². The van der Waals surface area contributed by atoms with Gasteiger partial charge in [0.1, 0.15) is 12.3 Å². The molecule has 1 saturated heterocycles. The predicted octanol–water partition coefficient (Wildman–Crippen LogP) is 3.92. The highest BCUT2D eigenvalue weighted by Crippen LogP contribution is 2.24. The van der Waals surface area contributed by atoms with Gasteiger partial charge in [-0.3, -0.25) is 4.98 Å². The van der Waals surface area contributed by atoms with Crippen LogP contribution in [0.15, 0.2) is 71.0 Å². The van der Waals surface area contributed by atoms with Crippen LogP contribution in [-0.2, 0) is 17.7 Å². The number of nitrogens with zero attached hydrogens (tertiary/aromatic N) is 5. The largest absolute Gasteiger partial charge is 0.508 e. The molecule has 2 aromatic heterocycles. The number of hydrogen-bond acceptors (Lipinski definition) is 8. The summed E-state index contributed by atoms with van der Waals surface area (Å²) in [6.07, 6.45) is 2.49. The number of azo groups is 1. The molecule has 1 aliphatic heterocycles. The molecule has 3 aromatic rings. The Kier molecular flexibility index (Phi) is 7.02. The van der Waals surface area contributed by atoms with Gasteiger partial charge in [0, 0.05) is 43.2 Å². The third-order valence-electron chi connectivity index (χ3n) is 4.82. The Morgan fingerprint density at radius 3 is 2.65 bits per heavy atom. The number of aromatic hydroxyl groups is 1. The van der Waals surface area contributed by atoms with Crippen LogP contribution in [0.1, 0.15) is 11.4 Å². The van der Waals surface area contributed by atoms with E-state index in [2.05, 4.69) is 25.1 Å². The molecule has 1 aliphatic rings. The van der Waals surface area contributed by atoms with E-state index in [-0.39, 0.29) is 5.75 Å². The van der Waals surface area contributed by atoms with Gasteiger partial charge in [0.25, 0.3) is 0 Å². The SMILES string of the molecule is Oc1ccc(N=NCc2cc(N3CCOCC3)cc(OCCc3ccccn3)n2)cc1. The monoisotopic (exact) mass is 419 g/mol. The molecule has 0 saturated carbocycles. The Morgan fingerprint density at radius 1 is 1.03 bits per heavy atom. The smallest absolute Gasteiger partial charge is 0.215 e. The molecule has 0 spiro atoms. The lowest BCUT2D eigenvalue weighted by Crippen LogP contribution is -2.36. The van der Waals surface area contributed by atoms with E-state index in [9.17, 15) is 5.11 Å². The molecule has 1 fully saturated rings. The molecule has 0 radical (unpaired) electrons. The van der Waals surface area contributed by atoms with Crippen molar-refractivity contribution in [1.29, 1.82) is 0 Å². The number of phenols is 1. The van der Waals surface area contributed by atoms with Crippen molar-refractivity contribution in [3.63, 3.8) is 0 Å². The van der Waals surface area contributed by atoms with Crippen LogP contribution in [0.5, 0.6) is 11.6 Å². The second-order valence-corrected chi connectivity index (χ2v) is 7.09. The molecule has 160 valence electrons. The van der Waals surface area contributed by atoms with Crippen molar-refractivity contribution in [1.82, 2.24) is 9.97 Å². The van der Waals surface area contributed by atoms with Gasteiger partial charge in [-0.05, 0) is 42.5 Å². The lowest BCUT2D eigenvalue weighted by atomic mass is 10.2. The van der Waals surface area contributed by atoms with E-state index in [1.165, 1.54) is 0 Å². The number of phenolic OH excluding ortho intramolecular Hbond substituents is 1. The van der Waals surface area contributed by atoms with E-state index < -0.39 is 0 Å². The van der Waals surface area contributed by atoms with Crippen molar-refractivity contribution in [2.24, 2.45) is 10.2 Å². The Labute approximate surface area is 181 Å². The lowest BCUT2D eigenvalue weighted by Gasteiger charge is -2.29. The Morgan fingerprint density at radius 2 is 1.87 bits per heavy atom. The molecule has 4 rings (SSSR count).